The summed E-state index contributed by atoms with van der Waals surface area (Å²) in [5.74, 6) is -2.53. The molecule has 2 aromatic carbocycles. The molecule has 0 spiro atoms. The van der Waals surface area contributed by atoms with Crippen molar-refractivity contribution in [2.24, 2.45) is 0 Å². The number of amides is 1. The number of ether oxygens (including phenoxy) is 3. The van der Waals surface area contributed by atoms with E-state index in [1.165, 1.54) is 25.6 Å². The Labute approximate surface area is 199 Å². The average Bonchev–Trinajstić information content (AvgIpc) is 2.75. The van der Waals surface area contributed by atoms with Crippen LogP contribution >= 0.6 is 0 Å². The molecule has 2 N–H and O–H groups in total. The van der Waals surface area contributed by atoms with Gasteiger partial charge in [0.15, 0.2) is 5.57 Å². The molecule has 1 aliphatic rings. The summed E-state index contributed by atoms with van der Waals surface area (Å²) in [6, 6.07) is 14.6. The standard InChI is InChI=1S/C26H30N2O6/c1-25(2,3)17-10-12-18(13-11-17)32-15-14-27-22(29)19-8-6-7-9-21(19)28-16-20-23(30)33-26(4,5)34-24(20)31/h6-13,16,28H,14-15H2,1-5H3,(H,27,29). The molecular formula is C26H30N2O6. The topological polar surface area (TPSA) is 103 Å². The Hall–Kier alpha value is -3.81. The van der Waals surface area contributed by atoms with E-state index in [9.17, 15) is 14.4 Å². The third-order valence-electron chi connectivity index (χ3n) is 5.04. The lowest BCUT2D eigenvalue weighted by molar-refractivity contribution is -0.222. The first-order chi connectivity index (χ1) is 16.0. The molecule has 180 valence electrons. The average molecular weight is 467 g/mol. The van der Waals surface area contributed by atoms with Crippen molar-refractivity contribution in [1.29, 1.82) is 0 Å². The molecule has 0 aliphatic carbocycles. The number of benzene rings is 2. The van der Waals surface area contributed by atoms with Gasteiger partial charge in [-0.1, -0.05) is 45.0 Å². The van der Waals surface area contributed by atoms with Crippen LogP contribution in [0.25, 0.3) is 0 Å². The smallest absolute Gasteiger partial charge is 0.350 e. The molecule has 1 amide bonds. The minimum absolute atomic E-state index is 0.0675. The number of para-hydroxylation sites is 1. The molecule has 0 atom stereocenters. The van der Waals surface area contributed by atoms with Crippen LogP contribution in [0.2, 0.25) is 0 Å². The first-order valence-corrected chi connectivity index (χ1v) is 11.0. The van der Waals surface area contributed by atoms with Crippen molar-refractivity contribution in [2.45, 2.75) is 45.8 Å². The van der Waals surface area contributed by atoms with Gasteiger partial charge in [0, 0.05) is 20.0 Å². The summed E-state index contributed by atoms with van der Waals surface area (Å²) in [5.41, 5.74) is 1.74. The van der Waals surface area contributed by atoms with Gasteiger partial charge in [0.05, 0.1) is 17.8 Å². The Morgan fingerprint density at radius 1 is 1.00 bits per heavy atom. The van der Waals surface area contributed by atoms with Crippen LogP contribution in [0, 0.1) is 0 Å². The predicted molar refractivity (Wildman–Crippen MR) is 127 cm³/mol. The highest BCUT2D eigenvalue weighted by Crippen LogP contribution is 2.25. The summed E-state index contributed by atoms with van der Waals surface area (Å²) in [6.07, 6.45) is 1.18. The molecule has 8 heteroatoms. The molecule has 1 saturated heterocycles. The second kappa shape index (κ2) is 9.99. The number of rotatable bonds is 7. The molecule has 0 unspecified atom stereocenters. The molecule has 34 heavy (non-hydrogen) atoms. The Bertz CT molecular complexity index is 1080. The highest BCUT2D eigenvalue weighted by molar-refractivity contribution is 6.15. The van der Waals surface area contributed by atoms with E-state index >= 15 is 0 Å². The van der Waals surface area contributed by atoms with Gasteiger partial charge in [0.25, 0.3) is 11.7 Å². The zero-order valence-corrected chi connectivity index (χ0v) is 20.1. The number of carbonyl (C=O) groups excluding carboxylic acids is 3. The summed E-state index contributed by atoms with van der Waals surface area (Å²) in [4.78, 5) is 36.9. The van der Waals surface area contributed by atoms with Crippen molar-refractivity contribution in [3.05, 3.63) is 71.4 Å². The van der Waals surface area contributed by atoms with E-state index in [-0.39, 0.29) is 16.9 Å². The Balaban J connectivity index is 1.56. The molecule has 0 bridgehead atoms. The lowest BCUT2D eigenvalue weighted by Crippen LogP contribution is -2.42. The van der Waals surface area contributed by atoms with Gasteiger partial charge in [0.2, 0.25) is 0 Å². The van der Waals surface area contributed by atoms with Gasteiger partial charge >= 0.3 is 11.9 Å². The van der Waals surface area contributed by atoms with E-state index < -0.39 is 17.7 Å². The van der Waals surface area contributed by atoms with Crippen LogP contribution in [0.3, 0.4) is 0 Å². The van der Waals surface area contributed by atoms with Gasteiger partial charge in [-0.05, 0) is 35.2 Å². The summed E-state index contributed by atoms with van der Waals surface area (Å²) in [7, 11) is 0. The monoisotopic (exact) mass is 466 g/mol. The number of hydrogen-bond acceptors (Lipinski definition) is 7. The maximum Gasteiger partial charge on any atom is 0.350 e. The molecule has 0 saturated carbocycles. The van der Waals surface area contributed by atoms with E-state index in [1.807, 2.05) is 24.3 Å². The fraction of sp³-hybridized carbons (Fsp3) is 0.346. The van der Waals surface area contributed by atoms with Crippen LogP contribution in [-0.2, 0) is 24.5 Å². The van der Waals surface area contributed by atoms with Crippen molar-refractivity contribution in [3.63, 3.8) is 0 Å². The number of nitrogens with one attached hydrogen (secondary N) is 2. The maximum absolute atomic E-state index is 12.7. The van der Waals surface area contributed by atoms with Gasteiger partial charge in [-0.2, -0.15) is 0 Å². The van der Waals surface area contributed by atoms with Crippen LogP contribution in [0.15, 0.2) is 60.3 Å². The first kappa shape index (κ1) is 24.8. The van der Waals surface area contributed by atoms with Crippen molar-refractivity contribution in [1.82, 2.24) is 5.32 Å². The van der Waals surface area contributed by atoms with Crippen LogP contribution in [0.1, 0.15) is 50.5 Å². The summed E-state index contributed by atoms with van der Waals surface area (Å²) in [6.45, 7) is 9.98. The molecule has 1 fully saturated rings. The van der Waals surface area contributed by atoms with E-state index in [1.54, 1.807) is 24.3 Å². The largest absolute Gasteiger partial charge is 0.492 e. The van der Waals surface area contributed by atoms with Gasteiger partial charge in [0.1, 0.15) is 12.4 Å². The van der Waals surface area contributed by atoms with Crippen LogP contribution in [0.4, 0.5) is 5.69 Å². The fourth-order valence-corrected chi connectivity index (χ4v) is 3.22. The maximum atomic E-state index is 12.7. The van der Waals surface area contributed by atoms with E-state index in [4.69, 9.17) is 14.2 Å². The van der Waals surface area contributed by atoms with Crippen molar-refractivity contribution < 1.29 is 28.6 Å². The zero-order valence-electron chi connectivity index (χ0n) is 20.1. The number of esters is 2. The normalized spacial score (nSPS) is 15.1. The molecular weight excluding hydrogens is 436 g/mol. The van der Waals surface area contributed by atoms with Crippen molar-refractivity contribution in [3.8, 4) is 5.75 Å². The summed E-state index contributed by atoms with van der Waals surface area (Å²) in [5, 5.41) is 5.63. The van der Waals surface area contributed by atoms with Gasteiger partial charge < -0.3 is 24.8 Å². The molecule has 0 aromatic heterocycles. The van der Waals surface area contributed by atoms with E-state index in [0.717, 1.165) is 5.75 Å². The first-order valence-electron chi connectivity index (χ1n) is 11.0. The molecule has 8 nitrogen and oxygen atoms in total. The summed E-state index contributed by atoms with van der Waals surface area (Å²) >= 11 is 0. The van der Waals surface area contributed by atoms with E-state index in [2.05, 4.69) is 31.4 Å². The Kier molecular flexibility index (Phi) is 7.29. The molecule has 1 aliphatic heterocycles. The van der Waals surface area contributed by atoms with Gasteiger partial charge in [-0.15, -0.1) is 0 Å². The van der Waals surface area contributed by atoms with E-state index in [0.29, 0.717) is 24.4 Å². The van der Waals surface area contributed by atoms with Gasteiger partial charge in [-0.3, -0.25) is 4.79 Å². The number of hydrogen-bond donors (Lipinski definition) is 2. The Morgan fingerprint density at radius 2 is 1.62 bits per heavy atom. The van der Waals surface area contributed by atoms with Crippen LogP contribution < -0.4 is 15.4 Å². The fourth-order valence-electron chi connectivity index (χ4n) is 3.22. The minimum Gasteiger partial charge on any atom is -0.492 e. The Morgan fingerprint density at radius 3 is 2.24 bits per heavy atom. The van der Waals surface area contributed by atoms with Crippen molar-refractivity contribution >= 4 is 23.5 Å². The van der Waals surface area contributed by atoms with Gasteiger partial charge in [-0.25, -0.2) is 9.59 Å². The quantitative estimate of drug-likeness (QED) is 0.276. The molecule has 2 aromatic rings. The molecule has 1 heterocycles. The third-order valence-corrected chi connectivity index (χ3v) is 5.04. The number of cyclic esters (lactones) is 2. The van der Waals surface area contributed by atoms with Crippen molar-refractivity contribution in [2.75, 3.05) is 18.5 Å². The SMILES string of the molecule is CC1(C)OC(=O)C(=CNc2ccccc2C(=O)NCCOc2ccc(C(C)(C)C)cc2)C(=O)O1. The highest BCUT2D eigenvalue weighted by Gasteiger charge is 2.39. The highest BCUT2D eigenvalue weighted by atomic mass is 16.7. The number of anilines is 1. The predicted octanol–water partition coefficient (Wildman–Crippen LogP) is 3.92. The lowest BCUT2D eigenvalue weighted by Gasteiger charge is -2.29. The second-order valence-corrected chi connectivity index (χ2v) is 9.31. The molecule has 3 rings (SSSR count). The lowest BCUT2D eigenvalue weighted by atomic mass is 9.87. The third kappa shape index (κ3) is 6.37. The minimum atomic E-state index is -1.32. The zero-order chi connectivity index (χ0) is 24.9. The molecule has 0 radical (unpaired) electrons. The van der Waals surface area contributed by atoms with Crippen LogP contribution in [-0.4, -0.2) is 36.8 Å². The van der Waals surface area contributed by atoms with Crippen LogP contribution in [0.5, 0.6) is 5.75 Å². The number of carbonyl (C=O) groups is 3. The summed E-state index contributed by atoms with van der Waals surface area (Å²) < 4.78 is 15.8. The second-order valence-electron chi connectivity index (χ2n) is 9.31.